The highest BCUT2D eigenvalue weighted by Crippen LogP contribution is 2.22. The van der Waals surface area contributed by atoms with E-state index in [2.05, 4.69) is 18.8 Å². The lowest BCUT2D eigenvalue weighted by molar-refractivity contribution is -0.129. The summed E-state index contributed by atoms with van der Waals surface area (Å²) in [6.07, 6.45) is 1.75. The van der Waals surface area contributed by atoms with Crippen LogP contribution < -0.4 is 0 Å². The van der Waals surface area contributed by atoms with E-state index >= 15 is 0 Å². The van der Waals surface area contributed by atoms with Crippen molar-refractivity contribution in [3.8, 4) is 0 Å². The second-order valence-corrected chi connectivity index (χ2v) is 6.11. The molecule has 2 aromatic rings. The van der Waals surface area contributed by atoms with Crippen LogP contribution in [-0.4, -0.2) is 11.9 Å². The highest BCUT2D eigenvalue weighted by Gasteiger charge is 2.24. The maximum Gasteiger partial charge on any atom is 0.363 e. The number of esters is 1. The van der Waals surface area contributed by atoms with Crippen LogP contribution in [0.5, 0.6) is 0 Å². The van der Waals surface area contributed by atoms with Gasteiger partial charge in [-0.25, -0.2) is 9.79 Å². The van der Waals surface area contributed by atoms with Crippen molar-refractivity contribution in [2.45, 2.75) is 19.8 Å². The standard InChI is InChI=1S/C17H15NO2S/c1-11(2)12-5-7-13(8-6-12)16-18-15(17(19)20-16)10-14-4-3-9-21-14/h3-11H,1-2H3/b15-10-. The molecule has 0 fully saturated rings. The molecule has 0 aliphatic carbocycles. The number of ether oxygens (including phenoxy) is 1. The fraction of sp³-hybridized carbons (Fsp3) is 0.176. The molecule has 1 aliphatic heterocycles. The van der Waals surface area contributed by atoms with Crippen LogP contribution in [0.25, 0.3) is 6.08 Å². The molecule has 1 aliphatic rings. The monoisotopic (exact) mass is 297 g/mol. The van der Waals surface area contributed by atoms with Crippen molar-refractivity contribution in [3.63, 3.8) is 0 Å². The zero-order valence-corrected chi connectivity index (χ0v) is 12.7. The lowest BCUT2D eigenvalue weighted by Gasteiger charge is -2.05. The first-order chi connectivity index (χ1) is 10.1. The molecule has 106 valence electrons. The molecule has 4 heteroatoms. The molecule has 0 bridgehead atoms. The maximum atomic E-state index is 11.9. The largest absolute Gasteiger partial charge is 0.402 e. The number of benzene rings is 1. The van der Waals surface area contributed by atoms with Gasteiger partial charge in [0.15, 0.2) is 5.70 Å². The first kappa shape index (κ1) is 13.8. The molecule has 0 spiro atoms. The minimum absolute atomic E-state index is 0.348. The summed E-state index contributed by atoms with van der Waals surface area (Å²) in [6.45, 7) is 4.29. The predicted octanol–water partition coefficient (Wildman–Crippen LogP) is 4.22. The van der Waals surface area contributed by atoms with E-state index in [1.165, 1.54) is 5.56 Å². The Labute approximate surface area is 127 Å². The summed E-state index contributed by atoms with van der Waals surface area (Å²) in [5.74, 6) is 0.450. The minimum Gasteiger partial charge on any atom is -0.402 e. The first-order valence-electron chi connectivity index (χ1n) is 6.80. The zero-order chi connectivity index (χ0) is 14.8. The van der Waals surface area contributed by atoms with E-state index in [1.807, 2.05) is 41.8 Å². The van der Waals surface area contributed by atoms with Gasteiger partial charge in [0.2, 0.25) is 5.90 Å². The molecule has 0 unspecified atom stereocenters. The van der Waals surface area contributed by atoms with Gasteiger partial charge in [0.25, 0.3) is 0 Å². The van der Waals surface area contributed by atoms with Gasteiger partial charge in [-0.1, -0.05) is 32.0 Å². The molecule has 1 aromatic heterocycles. The van der Waals surface area contributed by atoms with Gasteiger partial charge < -0.3 is 4.74 Å². The molecule has 0 N–H and O–H groups in total. The van der Waals surface area contributed by atoms with Crippen molar-refractivity contribution in [3.05, 3.63) is 63.5 Å². The number of thiophene rings is 1. The molecule has 3 nitrogen and oxygen atoms in total. The summed E-state index contributed by atoms with van der Waals surface area (Å²) in [4.78, 5) is 17.1. The molecule has 21 heavy (non-hydrogen) atoms. The Morgan fingerprint density at radius 3 is 2.57 bits per heavy atom. The van der Waals surface area contributed by atoms with E-state index in [-0.39, 0.29) is 0 Å². The number of hydrogen-bond donors (Lipinski definition) is 0. The Balaban J connectivity index is 1.88. The van der Waals surface area contributed by atoms with Crippen molar-refractivity contribution >= 4 is 29.3 Å². The van der Waals surface area contributed by atoms with Gasteiger partial charge in [-0.05, 0) is 41.1 Å². The number of carbonyl (C=O) groups excluding carboxylic acids is 1. The van der Waals surface area contributed by atoms with Gasteiger partial charge in [-0.3, -0.25) is 0 Å². The molecule has 0 saturated carbocycles. The van der Waals surface area contributed by atoms with Crippen LogP contribution in [0.1, 0.15) is 35.8 Å². The Hall–Kier alpha value is -2.20. The molecular weight excluding hydrogens is 282 g/mol. The van der Waals surface area contributed by atoms with E-state index < -0.39 is 5.97 Å². The lowest BCUT2D eigenvalue weighted by Crippen LogP contribution is -2.05. The Kier molecular flexibility index (Phi) is 3.71. The van der Waals surface area contributed by atoms with Gasteiger partial charge in [-0.2, -0.15) is 0 Å². The minimum atomic E-state index is -0.397. The summed E-state index contributed by atoms with van der Waals surface area (Å²) in [5.41, 5.74) is 2.42. The van der Waals surface area contributed by atoms with Crippen molar-refractivity contribution in [2.24, 2.45) is 4.99 Å². The van der Waals surface area contributed by atoms with Crippen LogP contribution in [0, 0.1) is 0 Å². The molecule has 0 saturated heterocycles. The quantitative estimate of drug-likeness (QED) is 0.628. The third-order valence-electron chi connectivity index (χ3n) is 3.27. The summed E-state index contributed by atoms with van der Waals surface area (Å²) in [7, 11) is 0. The van der Waals surface area contributed by atoms with Gasteiger partial charge in [0.05, 0.1) is 0 Å². The molecule has 0 amide bonds. The number of cyclic esters (lactones) is 1. The topological polar surface area (TPSA) is 38.7 Å². The van der Waals surface area contributed by atoms with Crippen LogP contribution in [0.3, 0.4) is 0 Å². The van der Waals surface area contributed by atoms with Gasteiger partial charge in [0.1, 0.15) is 0 Å². The number of carbonyl (C=O) groups is 1. The molecular formula is C17H15NO2S. The highest BCUT2D eigenvalue weighted by atomic mass is 32.1. The fourth-order valence-electron chi connectivity index (χ4n) is 2.05. The summed E-state index contributed by atoms with van der Waals surface area (Å²) in [5, 5.41) is 1.96. The SMILES string of the molecule is CC(C)c1ccc(C2=N/C(=C\c3cccs3)C(=O)O2)cc1. The third kappa shape index (κ3) is 2.95. The maximum absolute atomic E-state index is 11.9. The molecule has 3 rings (SSSR count). The summed E-state index contributed by atoms with van der Waals surface area (Å²) < 4.78 is 5.26. The van der Waals surface area contributed by atoms with Gasteiger partial charge in [0, 0.05) is 10.4 Å². The van der Waals surface area contributed by atoms with E-state index in [1.54, 1.807) is 17.4 Å². The first-order valence-corrected chi connectivity index (χ1v) is 7.68. The Morgan fingerprint density at radius 2 is 1.95 bits per heavy atom. The van der Waals surface area contributed by atoms with Gasteiger partial charge >= 0.3 is 5.97 Å². The number of rotatable bonds is 3. The lowest BCUT2D eigenvalue weighted by atomic mass is 10.0. The summed E-state index contributed by atoms with van der Waals surface area (Å²) >= 11 is 1.56. The van der Waals surface area contributed by atoms with Crippen molar-refractivity contribution in [2.75, 3.05) is 0 Å². The smallest absolute Gasteiger partial charge is 0.363 e. The predicted molar refractivity (Wildman–Crippen MR) is 85.5 cm³/mol. The van der Waals surface area contributed by atoms with Crippen molar-refractivity contribution in [1.82, 2.24) is 0 Å². The Morgan fingerprint density at radius 1 is 1.19 bits per heavy atom. The van der Waals surface area contributed by atoms with Crippen LogP contribution in [0.2, 0.25) is 0 Å². The molecule has 0 atom stereocenters. The van der Waals surface area contributed by atoms with E-state index in [4.69, 9.17) is 4.74 Å². The van der Waals surface area contributed by atoms with Crippen molar-refractivity contribution in [1.29, 1.82) is 0 Å². The third-order valence-corrected chi connectivity index (χ3v) is 4.09. The fourth-order valence-corrected chi connectivity index (χ4v) is 2.70. The van der Waals surface area contributed by atoms with Crippen molar-refractivity contribution < 1.29 is 9.53 Å². The van der Waals surface area contributed by atoms with Crippen LogP contribution in [0.15, 0.2) is 52.5 Å². The van der Waals surface area contributed by atoms with E-state index in [9.17, 15) is 4.79 Å². The summed E-state index contributed by atoms with van der Waals surface area (Å²) in [6, 6.07) is 11.8. The number of hydrogen-bond acceptors (Lipinski definition) is 4. The van der Waals surface area contributed by atoms with Crippen LogP contribution >= 0.6 is 11.3 Å². The van der Waals surface area contributed by atoms with Crippen LogP contribution in [-0.2, 0) is 9.53 Å². The normalized spacial score (nSPS) is 16.4. The molecule has 0 radical (unpaired) electrons. The van der Waals surface area contributed by atoms with E-state index in [0.717, 1.165) is 10.4 Å². The number of aliphatic imine (C=N–C) groups is 1. The van der Waals surface area contributed by atoms with E-state index in [0.29, 0.717) is 17.5 Å². The second kappa shape index (κ2) is 5.66. The molecule has 2 heterocycles. The average molecular weight is 297 g/mol. The highest BCUT2D eigenvalue weighted by molar-refractivity contribution is 7.10. The second-order valence-electron chi connectivity index (χ2n) is 5.13. The van der Waals surface area contributed by atoms with Gasteiger partial charge in [-0.15, -0.1) is 11.3 Å². The average Bonchev–Trinajstić information content (AvgIpc) is 3.10. The zero-order valence-electron chi connectivity index (χ0n) is 11.9. The Bertz CT molecular complexity index is 710. The van der Waals surface area contributed by atoms with Crippen LogP contribution in [0.4, 0.5) is 0 Å². The number of nitrogens with zero attached hydrogens (tertiary/aromatic N) is 1. The molecule has 1 aromatic carbocycles.